The van der Waals surface area contributed by atoms with Crippen molar-refractivity contribution < 1.29 is 4.79 Å². The molecule has 0 atom stereocenters. The number of piperidine rings is 1. The summed E-state index contributed by atoms with van der Waals surface area (Å²) in [5.41, 5.74) is -0.0181. The lowest BCUT2D eigenvalue weighted by atomic mass is 9.93. The SMILES string of the molecule is CC(C)(C)c1nnc(NC(=O)CCC2CCNCC2)s1.Cl. The van der Waals surface area contributed by atoms with Gasteiger partial charge in [0.1, 0.15) is 5.01 Å². The van der Waals surface area contributed by atoms with E-state index >= 15 is 0 Å². The fourth-order valence-corrected chi connectivity index (χ4v) is 3.08. The molecule has 0 aliphatic carbocycles. The van der Waals surface area contributed by atoms with E-state index in [2.05, 4.69) is 41.6 Å². The van der Waals surface area contributed by atoms with Gasteiger partial charge in [-0.3, -0.25) is 4.79 Å². The van der Waals surface area contributed by atoms with Gasteiger partial charge in [0.25, 0.3) is 0 Å². The van der Waals surface area contributed by atoms with Crippen LogP contribution in [0.5, 0.6) is 0 Å². The predicted molar refractivity (Wildman–Crippen MR) is 89.3 cm³/mol. The normalized spacial score (nSPS) is 16.3. The summed E-state index contributed by atoms with van der Waals surface area (Å²) in [6, 6.07) is 0. The van der Waals surface area contributed by atoms with Crippen LogP contribution in [0.2, 0.25) is 0 Å². The number of aromatic nitrogens is 2. The Bertz CT molecular complexity index is 452. The van der Waals surface area contributed by atoms with Gasteiger partial charge in [-0.25, -0.2) is 0 Å². The third-order valence-electron chi connectivity index (χ3n) is 3.55. The Morgan fingerprint density at radius 2 is 2.00 bits per heavy atom. The van der Waals surface area contributed by atoms with Crippen molar-refractivity contribution in [2.75, 3.05) is 18.4 Å². The fourth-order valence-electron chi connectivity index (χ4n) is 2.26. The van der Waals surface area contributed by atoms with Crippen molar-refractivity contribution in [3.05, 3.63) is 5.01 Å². The second kappa shape index (κ2) is 8.06. The molecule has 2 N–H and O–H groups in total. The Hall–Kier alpha value is -0.720. The highest BCUT2D eigenvalue weighted by molar-refractivity contribution is 7.15. The van der Waals surface area contributed by atoms with E-state index < -0.39 is 0 Å². The van der Waals surface area contributed by atoms with Gasteiger partial charge in [0.15, 0.2) is 0 Å². The number of carbonyl (C=O) groups is 1. The van der Waals surface area contributed by atoms with Crippen molar-refractivity contribution >= 4 is 34.8 Å². The first-order chi connectivity index (χ1) is 9.45. The molecule has 2 rings (SSSR count). The molecule has 5 nitrogen and oxygen atoms in total. The highest BCUT2D eigenvalue weighted by Gasteiger charge is 2.20. The third-order valence-corrected chi connectivity index (χ3v) is 4.82. The van der Waals surface area contributed by atoms with Crippen LogP contribution < -0.4 is 10.6 Å². The Labute approximate surface area is 136 Å². The van der Waals surface area contributed by atoms with Crippen LogP contribution in [-0.2, 0) is 10.2 Å². The van der Waals surface area contributed by atoms with Gasteiger partial charge in [0.2, 0.25) is 11.0 Å². The number of rotatable bonds is 4. The molecule has 7 heteroatoms. The molecule has 0 aromatic carbocycles. The van der Waals surface area contributed by atoms with E-state index in [0.717, 1.165) is 24.5 Å². The van der Waals surface area contributed by atoms with Gasteiger partial charge in [-0.15, -0.1) is 22.6 Å². The second-order valence-electron chi connectivity index (χ2n) is 6.44. The summed E-state index contributed by atoms with van der Waals surface area (Å²) >= 11 is 1.47. The maximum atomic E-state index is 11.9. The van der Waals surface area contributed by atoms with Crippen LogP contribution in [0.25, 0.3) is 0 Å². The monoisotopic (exact) mass is 332 g/mol. The van der Waals surface area contributed by atoms with Crippen LogP contribution in [0.15, 0.2) is 0 Å². The Morgan fingerprint density at radius 1 is 1.33 bits per heavy atom. The van der Waals surface area contributed by atoms with Crippen LogP contribution in [0, 0.1) is 5.92 Å². The minimum atomic E-state index is -0.0181. The van der Waals surface area contributed by atoms with E-state index in [1.165, 1.54) is 24.2 Å². The summed E-state index contributed by atoms with van der Waals surface area (Å²) < 4.78 is 0. The molecule has 1 aromatic rings. The summed E-state index contributed by atoms with van der Waals surface area (Å²) in [6.45, 7) is 8.44. The van der Waals surface area contributed by atoms with Crippen molar-refractivity contribution in [2.45, 2.75) is 51.9 Å². The van der Waals surface area contributed by atoms with Gasteiger partial charge in [-0.2, -0.15) is 0 Å². The van der Waals surface area contributed by atoms with Crippen LogP contribution in [0.4, 0.5) is 5.13 Å². The summed E-state index contributed by atoms with van der Waals surface area (Å²) in [5, 5.41) is 16.0. The smallest absolute Gasteiger partial charge is 0.226 e. The molecule has 0 unspecified atom stereocenters. The molecule has 1 saturated heterocycles. The highest BCUT2D eigenvalue weighted by atomic mass is 35.5. The standard InChI is InChI=1S/C14H24N4OS.ClH/c1-14(2,3)12-17-18-13(20-12)16-11(19)5-4-10-6-8-15-9-7-10;/h10,15H,4-9H2,1-3H3,(H,16,18,19);1H. The third kappa shape index (κ3) is 5.88. The molecule has 1 aliphatic rings. The zero-order chi connectivity index (χ0) is 14.6. The summed E-state index contributed by atoms with van der Waals surface area (Å²) in [6.07, 6.45) is 3.91. The molecule has 1 amide bonds. The van der Waals surface area contributed by atoms with Crippen LogP contribution in [0.3, 0.4) is 0 Å². The Kier molecular flexibility index (Phi) is 7.03. The average Bonchev–Trinajstić information content (AvgIpc) is 2.86. The molecule has 120 valence electrons. The minimum absolute atomic E-state index is 0. The van der Waals surface area contributed by atoms with Gasteiger partial charge in [0.05, 0.1) is 0 Å². The molecule has 2 heterocycles. The minimum Gasteiger partial charge on any atom is -0.317 e. The number of nitrogens with one attached hydrogen (secondary N) is 2. The number of carbonyl (C=O) groups excluding carboxylic acids is 1. The summed E-state index contributed by atoms with van der Waals surface area (Å²) in [5.74, 6) is 0.738. The Morgan fingerprint density at radius 3 is 2.57 bits per heavy atom. The summed E-state index contributed by atoms with van der Waals surface area (Å²) in [7, 11) is 0. The zero-order valence-corrected chi connectivity index (χ0v) is 14.6. The maximum Gasteiger partial charge on any atom is 0.226 e. The van der Waals surface area contributed by atoms with E-state index in [4.69, 9.17) is 0 Å². The molecule has 0 saturated carbocycles. The van der Waals surface area contributed by atoms with Crippen LogP contribution >= 0.6 is 23.7 Å². The molecule has 1 aromatic heterocycles. The van der Waals surface area contributed by atoms with E-state index in [-0.39, 0.29) is 23.7 Å². The lowest BCUT2D eigenvalue weighted by Gasteiger charge is -2.21. The van der Waals surface area contributed by atoms with E-state index in [0.29, 0.717) is 17.5 Å². The van der Waals surface area contributed by atoms with Crippen molar-refractivity contribution in [1.29, 1.82) is 0 Å². The number of halogens is 1. The van der Waals surface area contributed by atoms with Gasteiger partial charge < -0.3 is 10.6 Å². The number of hydrogen-bond acceptors (Lipinski definition) is 5. The first-order valence-electron chi connectivity index (χ1n) is 7.29. The molecule has 1 fully saturated rings. The van der Waals surface area contributed by atoms with Crippen LogP contribution in [0.1, 0.15) is 51.5 Å². The quantitative estimate of drug-likeness (QED) is 0.889. The zero-order valence-electron chi connectivity index (χ0n) is 12.9. The number of anilines is 1. The molecule has 0 radical (unpaired) electrons. The molecule has 1 aliphatic heterocycles. The lowest BCUT2D eigenvalue weighted by molar-refractivity contribution is -0.116. The molecule has 0 spiro atoms. The first-order valence-corrected chi connectivity index (χ1v) is 8.11. The van der Waals surface area contributed by atoms with Gasteiger partial charge in [-0.05, 0) is 38.3 Å². The Balaban J connectivity index is 0.00000220. The van der Waals surface area contributed by atoms with Gasteiger partial charge in [-0.1, -0.05) is 32.1 Å². The molecular weight excluding hydrogens is 308 g/mol. The van der Waals surface area contributed by atoms with Crippen molar-refractivity contribution in [2.24, 2.45) is 5.92 Å². The summed E-state index contributed by atoms with van der Waals surface area (Å²) in [4.78, 5) is 11.9. The van der Waals surface area contributed by atoms with Crippen molar-refractivity contribution in [3.63, 3.8) is 0 Å². The second-order valence-corrected chi connectivity index (χ2v) is 7.42. The molecular formula is C14H25ClN4OS. The fraction of sp³-hybridized carbons (Fsp3) is 0.786. The average molecular weight is 333 g/mol. The van der Waals surface area contributed by atoms with Crippen molar-refractivity contribution in [3.8, 4) is 0 Å². The number of amides is 1. The van der Waals surface area contributed by atoms with E-state index in [1.54, 1.807) is 0 Å². The van der Waals surface area contributed by atoms with Crippen LogP contribution in [-0.4, -0.2) is 29.2 Å². The number of nitrogens with zero attached hydrogens (tertiary/aromatic N) is 2. The lowest BCUT2D eigenvalue weighted by Crippen LogP contribution is -2.28. The van der Waals surface area contributed by atoms with Gasteiger partial charge >= 0.3 is 0 Å². The highest BCUT2D eigenvalue weighted by Crippen LogP contribution is 2.27. The van der Waals surface area contributed by atoms with E-state index in [9.17, 15) is 4.79 Å². The number of hydrogen-bond donors (Lipinski definition) is 2. The van der Waals surface area contributed by atoms with Crippen molar-refractivity contribution in [1.82, 2.24) is 15.5 Å². The van der Waals surface area contributed by atoms with E-state index in [1.807, 2.05) is 0 Å². The molecule has 21 heavy (non-hydrogen) atoms. The molecule has 0 bridgehead atoms. The first kappa shape index (κ1) is 18.3. The largest absolute Gasteiger partial charge is 0.317 e. The predicted octanol–water partition coefficient (Wildman–Crippen LogP) is 2.98. The maximum absolute atomic E-state index is 11.9. The van der Waals surface area contributed by atoms with Gasteiger partial charge in [0, 0.05) is 11.8 Å². The topological polar surface area (TPSA) is 66.9 Å².